The standard InChI is InChI=1S/C11H10ClF3O4/c1-18-5-9(10(16)17)19-6-2-3-8(12)7(4-6)11(13,14)15/h2-4,9H,5H2,1H3,(H,16,17). The molecular weight excluding hydrogens is 289 g/mol. The molecule has 0 radical (unpaired) electrons. The molecule has 1 aromatic rings. The fourth-order valence-electron chi connectivity index (χ4n) is 1.27. The number of halogens is 4. The predicted molar refractivity (Wildman–Crippen MR) is 60.4 cm³/mol. The highest BCUT2D eigenvalue weighted by molar-refractivity contribution is 6.31. The van der Waals surface area contributed by atoms with Gasteiger partial charge in [0.15, 0.2) is 0 Å². The zero-order valence-electron chi connectivity index (χ0n) is 9.70. The summed E-state index contributed by atoms with van der Waals surface area (Å²) >= 11 is 5.42. The van der Waals surface area contributed by atoms with E-state index in [1.165, 1.54) is 7.11 Å². The van der Waals surface area contributed by atoms with E-state index in [4.69, 9.17) is 21.4 Å². The molecule has 1 unspecified atom stereocenters. The Kier molecular flexibility index (Phi) is 5.02. The van der Waals surface area contributed by atoms with Gasteiger partial charge in [0.2, 0.25) is 6.10 Å². The normalized spacial score (nSPS) is 13.1. The van der Waals surface area contributed by atoms with Crippen molar-refractivity contribution in [2.45, 2.75) is 12.3 Å². The van der Waals surface area contributed by atoms with Crippen LogP contribution in [0.25, 0.3) is 0 Å². The quantitative estimate of drug-likeness (QED) is 0.908. The number of hydrogen-bond acceptors (Lipinski definition) is 3. The van der Waals surface area contributed by atoms with E-state index < -0.39 is 28.8 Å². The van der Waals surface area contributed by atoms with Crippen molar-refractivity contribution in [2.75, 3.05) is 13.7 Å². The summed E-state index contributed by atoms with van der Waals surface area (Å²) in [7, 11) is 1.25. The van der Waals surface area contributed by atoms with Crippen LogP contribution >= 0.6 is 11.6 Å². The van der Waals surface area contributed by atoms with Gasteiger partial charge >= 0.3 is 12.1 Å². The molecule has 0 amide bonds. The molecule has 0 aliphatic carbocycles. The number of aliphatic carboxylic acids is 1. The first-order chi connectivity index (χ1) is 8.75. The van der Waals surface area contributed by atoms with Gasteiger partial charge in [0.25, 0.3) is 0 Å². The second-order valence-corrected chi connectivity index (χ2v) is 3.95. The van der Waals surface area contributed by atoms with Crippen molar-refractivity contribution in [2.24, 2.45) is 0 Å². The van der Waals surface area contributed by atoms with Gasteiger partial charge in [-0.15, -0.1) is 0 Å². The molecule has 4 nitrogen and oxygen atoms in total. The lowest BCUT2D eigenvalue weighted by atomic mass is 10.2. The van der Waals surface area contributed by atoms with Crippen LogP contribution in [0.5, 0.6) is 5.75 Å². The van der Waals surface area contributed by atoms with Crippen molar-refractivity contribution in [3.05, 3.63) is 28.8 Å². The Bertz CT molecular complexity index is 462. The van der Waals surface area contributed by atoms with Crippen LogP contribution in [0.4, 0.5) is 13.2 Å². The van der Waals surface area contributed by atoms with Crippen molar-refractivity contribution in [3.63, 3.8) is 0 Å². The van der Waals surface area contributed by atoms with E-state index in [1.807, 2.05) is 0 Å². The van der Waals surface area contributed by atoms with Crippen molar-refractivity contribution >= 4 is 17.6 Å². The average Bonchev–Trinajstić information content (AvgIpc) is 2.29. The highest BCUT2D eigenvalue weighted by Crippen LogP contribution is 2.36. The SMILES string of the molecule is COCC(Oc1ccc(Cl)c(C(F)(F)F)c1)C(=O)O. The van der Waals surface area contributed by atoms with E-state index in [9.17, 15) is 18.0 Å². The van der Waals surface area contributed by atoms with Crippen LogP contribution in [0, 0.1) is 0 Å². The number of hydrogen-bond donors (Lipinski definition) is 1. The Hall–Kier alpha value is -1.47. The zero-order chi connectivity index (χ0) is 14.6. The molecule has 1 atom stereocenters. The third-order valence-electron chi connectivity index (χ3n) is 2.12. The van der Waals surface area contributed by atoms with Gasteiger partial charge in [-0.1, -0.05) is 11.6 Å². The molecule has 8 heteroatoms. The van der Waals surface area contributed by atoms with E-state index in [0.717, 1.165) is 12.1 Å². The van der Waals surface area contributed by atoms with E-state index in [0.29, 0.717) is 6.07 Å². The Morgan fingerprint density at radius 2 is 2.11 bits per heavy atom. The maximum absolute atomic E-state index is 12.6. The Balaban J connectivity index is 2.99. The van der Waals surface area contributed by atoms with Crippen LogP contribution in [0.2, 0.25) is 5.02 Å². The Morgan fingerprint density at radius 1 is 1.47 bits per heavy atom. The fraction of sp³-hybridized carbons (Fsp3) is 0.364. The van der Waals surface area contributed by atoms with Gasteiger partial charge in [0, 0.05) is 7.11 Å². The molecule has 1 aromatic carbocycles. The van der Waals surface area contributed by atoms with Gasteiger partial charge < -0.3 is 14.6 Å². The minimum absolute atomic E-state index is 0.249. The summed E-state index contributed by atoms with van der Waals surface area (Å²) < 4.78 is 47.3. The molecule has 1 N–H and O–H groups in total. The number of ether oxygens (including phenoxy) is 2. The number of carbonyl (C=O) groups is 1. The van der Waals surface area contributed by atoms with E-state index in [2.05, 4.69) is 4.74 Å². The van der Waals surface area contributed by atoms with Crippen molar-refractivity contribution in [3.8, 4) is 5.75 Å². The molecule has 0 spiro atoms. The van der Waals surface area contributed by atoms with Gasteiger partial charge in [-0.2, -0.15) is 13.2 Å². The van der Waals surface area contributed by atoms with Crippen LogP contribution in [-0.2, 0) is 15.7 Å². The minimum atomic E-state index is -4.64. The second kappa shape index (κ2) is 6.12. The highest BCUT2D eigenvalue weighted by atomic mass is 35.5. The molecule has 0 aliphatic heterocycles. The third-order valence-corrected chi connectivity index (χ3v) is 2.44. The van der Waals surface area contributed by atoms with Gasteiger partial charge in [-0.3, -0.25) is 0 Å². The van der Waals surface area contributed by atoms with Crippen LogP contribution < -0.4 is 4.74 Å². The molecule has 0 fully saturated rings. The summed E-state index contributed by atoms with van der Waals surface area (Å²) in [4.78, 5) is 10.8. The number of carboxylic acids is 1. The Morgan fingerprint density at radius 3 is 2.58 bits per heavy atom. The average molecular weight is 299 g/mol. The number of benzene rings is 1. The van der Waals surface area contributed by atoms with Gasteiger partial charge in [-0.05, 0) is 18.2 Å². The molecule has 106 valence electrons. The van der Waals surface area contributed by atoms with Crippen LogP contribution in [0.1, 0.15) is 5.56 Å². The second-order valence-electron chi connectivity index (χ2n) is 3.54. The predicted octanol–water partition coefficient (Wildman–Crippen LogP) is 2.84. The lowest BCUT2D eigenvalue weighted by Gasteiger charge is -2.16. The summed E-state index contributed by atoms with van der Waals surface area (Å²) in [5, 5.41) is 8.31. The lowest BCUT2D eigenvalue weighted by molar-refractivity contribution is -0.147. The van der Waals surface area contributed by atoms with Gasteiger partial charge in [-0.25, -0.2) is 4.79 Å². The zero-order valence-corrected chi connectivity index (χ0v) is 10.5. The van der Waals surface area contributed by atoms with Crippen LogP contribution in [-0.4, -0.2) is 30.9 Å². The first-order valence-corrected chi connectivity index (χ1v) is 5.38. The highest BCUT2D eigenvalue weighted by Gasteiger charge is 2.34. The topological polar surface area (TPSA) is 55.8 Å². The lowest BCUT2D eigenvalue weighted by Crippen LogP contribution is -2.31. The molecule has 0 saturated carbocycles. The number of rotatable bonds is 5. The van der Waals surface area contributed by atoms with Gasteiger partial charge in [0.1, 0.15) is 5.75 Å². The maximum Gasteiger partial charge on any atom is 0.417 e. The maximum atomic E-state index is 12.6. The molecule has 0 heterocycles. The number of methoxy groups -OCH3 is 1. The van der Waals surface area contributed by atoms with Crippen LogP contribution in [0.3, 0.4) is 0 Å². The van der Waals surface area contributed by atoms with Crippen molar-refractivity contribution in [1.29, 1.82) is 0 Å². The van der Waals surface area contributed by atoms with Crippen molar-refractivity contribution < 1.29 is 32.5 Å². The molecule has 0 aliphatic rings. The monoisotopic (exact) mass is 298 g/mol. The molecular formula is C11H10ClF3O4. The summed E-state index contributed by atoms with van der Waals surface area (Å²) in [5.41, 5.74) is -1.09. The fourth-order valence-corrected chi connectivity index (χ4v) is 1.49. The largest absolute Gasteiger partial charge is 0.478 e. The summed E-state index contributed by atoms with van der Waals surface area (Å²) in [6, 6.07) is 2.79. The summed E-state index contributed by atoms with van der Waals surface area (Å²) in [5.74, 6) is -1.59. The van der Waals surface area contributed by atoms with Crippen molar-refractivity contribution in [1.82, 2.24) is 0 Å². The number of carboxylic acid groups (broad SMARTS) is 1. The molecule has 1 rings (SSSR count). The molecule has 0 aromatic heterocycles. The molecule has 0 saturated heterocycles. The molecule has 0 bridgehead atoms. The summed E-state index contributed by atoms with van der Waals surface area (Å²) in [6.07, 6.45) is -6.04. The summed E-state index contributed by atoms with van der Waals surface area (Å²) in [6.45, 7) is -0.292. The minimum Gasteiger partial charge on any atom is -0.478 e. The van der Waals surface area contributed by atoms with Crippen LogP contribution in [0.15, 0.2) is 18.2 Å². The van der Waals surface area contributed by atoms with E-state index in [1.54, 1.807) is 0 Å². The van der Waals surface area contributed by atoms with E-state index >= 15 is 0 Å². The smallest absolute Gasteiger partial charge is 0.417 e. The molecule has 19 heavy (non-hydrogen) atoms. The third kappa shape index (κ3) is 4.29. The first-order valence-electron chi connectivity index (χ1n) is 5.01. The van der Waals surface area contributed by atoms with Gasteiger partial charge in [0.05, 0.1) is 17.2 Å². The Labute approximate surface area is 111 Å². The first kappa shape index (κ1) is 15.6. The number of alkyl halides is 3. The van der Waals surface area contributed by atoms with E-state index in [-0.39, 0.29) is 12.4 Å².